The molecule has 3 atom stereocenters. The van der Waals surface area contributed by atoms with Gasteiger partial charge < -0.3 is 5.32 Å². The molecule has 1 saturated carbocycles. The zero-order valence-corrected chi connectivity index (χ0v) is 14.2. The Hall–Kier alpha value is -0.890. The largest absolute Gasteiger partial charge is 0.314 e. The molecule has 0 heterocycles. The highest BCUT2D eigenvalue weighted by Gasteiger charge is 2.39. The highest BCUT2D eigenvalue weighted by molar-refractivity contribution is 5.30. The van der Waals surface area contributed by atoms with E-state index in [0.29, 0.717) is 12.0 Å². The summed E-state index contributed by atoms with van der Waals surface area (Å²) in [5.74, 6) is 1.24. The van der Waals surface area contributed by atoms with Gasteiger partial charge >= 0.3 is 0 Å². The summed E-state index contributed by atoms with van der Waals surface area (Å²) in [6, 6.07) is 6.04. The van der Waals surface area contributed by atoms with Crippen molar-refractivity contribution in [3.8, 4) is 0 Å². The molecule has 1 N–H and O–H groups in total. The Morgan fingerprint density at radius 3 is 2.57 bits per heavy atom. The standard InChI is InChI=1S/C19H30FN/c1-6-21-18-11-13(2)7-8-17(18)19(4,5)15-9-14(3)10-16(20)12-15/h9-10,12-13,17-18,21H,6-8,11H2,1-5H3. The average Bonchev–Trinajstić information content (AvgIpc) is 2.37. The summed E-state index contributed by atoms with van der Waals surface area (Å²) < 4.78 is 13.8. The van der Waals surface area contributed by atoms with Crippen molar-refractivity contribution >= 4 is 0 Å². The first-order chi connectivity index (χ1) is 9.84. The number of hydrogen-bond donors (Lipinski definition) is 1. The van der Waals surface area contributed by atoms with Crippen LogP contribution in [0.15, 0.2) is 18.2 Å². The topological polar surface area (TPSA) is 12.0 Å². The Balaban J connectivity index is 2.31. The molecule has 2 heteroatoms. The Morgan fingerprint density at radius 1 is 1.24 bits per heavy atom. The van der Waals surface area contributed by atoms with Crippen molar-refractivity contribution in [2.24, 2.45) is 11.8 Å². The average molecular weight is 291 g/mol. The van der Waals surface area contributed by atoms with Crippen molar-refractivity contribution in [2.45, 2.75) is 65.3 Å². The van der Waals surface area contributed by atoms with Crippen LogP contribution < -0.4 is 5.32 Å². The second-order valence-corrected chi connectivity index (χ2v) is 7.43. The van der Waals surface area contributed by atoms with E-state index in [4.69, 9.17) is 0 Å². The van der Waals surface area contributed by atoms with Gasteiger partial charge in [0, 0.05) is 6.04 Å². The van der Waals surface area contributed by atoms with Gasteiger partial charge in [-0.25, -0.2) is 4.39 Å². The summed E-state index contributed by atoms with van der Waals surface area (Å²) >= 11 is 0. The van der Waals surface area contributed by atoms with Gasteiger partial charge in [0.1, 0.15) is 5.82 Å². The number of halogens is 1. The van der Waals surface area contributed by atoms with E-state index >= 15 is 0 Å². The van der Waals surface area contributed by atoms with Gasteiger partial charge in [-0.05, 0) is 66.8 Å². The van der Waals surface area contributed by atoms with Gasteiger partial charge in [-0.3, -0.25) is 0 Å². The molecule has 21 heavy (non-hydrogen) atoms. The third-order valence-electron chi connectivity index (χ3n) is 5.29. The fraction of sp³-hybridized carbons (Fsp3) is 0.684. The molecule has 0 spiro atoms. The minimum absolute atomic E-state index is 0.000162. The molecular weight excluding hydrogens is 261 g/mol. The van der Waals surface area contributed by atoms with E-state index < -0.39 is 0 Å². The van der Waals surface area contributed by atoms with Crippen LogP contribution in [0.1, 0.15) is 58.1 Å². The minimum Gasteiger partial charge on any atom is -0.314 e. The highest BCUT2D eigenvalue weighted by atomic mass is 19.1. The van der Waals surface area contributed by atoms with E-state index in [-0.39, 0.29) is 11.2 Å². The summed E-state index contributed by atoms with van der Waals surface area (Å²) in [5, 5.41) is 3.68. The first-order valence-corrected chi connectivity index (χ1v) is 8.35. The Morgan fingerprint density at radius 2 is 1.95 bits per heavy atom. The summed E-state index contributed by atoms with van der Waals surface area (Å²) in [7, 11) is 0. The molecule has 1 aromatic carbocycles. The molecule has 0 radical (unpaired) electrons. The van der Waals surface area contributed by atoms with Crippen molar-refractivity contribution in [2.75, 3.05) is 6.54 Å². The van der Waals surface area contributed by atoms with Crippen molar-refractivity contribution in [1.82, 2.24) is 5.32 Å². The van der Waals surface area contributed by atoms with Crippen molar-refractivity contribution in [3.63, 3.8) is 0 Å². The third-order valence-corrected chi connectivity index (χ3v) is 5.29. The quantitative estimate of drug-likeness (QED) is 0.838. The third kappa shape index (κ3) is 3.66. The zero-order valence-electron chi connectivity index (χ0n) is 14.2. The molecule has 1 nitrogen and oxygen atoms in total. The second-order valence-electron chi connectivity index (χ2n) is 7.43. The van der Waals surface area contributed by atoms with Gasteiger partial charge in [-0.15, -0.1) is 0 Å². The van der Waals surface area contributed by atoms with Gasteiger partial charge in [0.2, 0.25) is 0 Å². The van der Waals surface area contributed by atoms with Crippen LogP contribution in [0.25, 0.3) is 0 Å². The van der Waals surface area contributed by atoms with Crippen LogP contribution in [0.2, 0.25) is 0 Å². The Bertz CT molecular complexity index is 460. The SMILES string of the molecule is CCNC1CC(C)CCC1C(C)(C)c1cc(C)cc(F)c1. The fourth-order valence-corrected chi connectivity index (χ4v) is 4.05. The van der Waals surface area contributed by atoms with E-state index in [9.17, 15) is 4.39 Å². The van der Waals surface area contributed by atoms with E-state index in [0.717, 1.165) is 23.6 Å². The monoisotopic (exact) mass is 291 g/mol. The maximum Gasteiger partial charge on any atom is 0.123 e. The first kappa shape index (κ1) is 16.5. The van der Waals surface area contributed by atoms with Crippen molar-refractivity contribution < 1.29 is 4.39 Å². The number of benzene rings is 1. The van der Waals surface area contributed by atoms with E-state index in [1.165, 1.54) is 19.3 Å². The predicted molar refractivity (Wildman–Crippen MR) is 88.1 cm³/mol. The lowest BCUT2D eigenvalue weighted by Gasteiger charge is -2.45. The van der Waals surface area contributed by atoms with Gasteiger partial charge in [-0.1, -0.05) is 40.2 Å². The zero-order chi connectivity index (χ0) is 15.6. The number of aryl methyl sites for hydroxylation is 1. The minimum atomic E-state index is -0.109. The summed E-state index contributed by atoms with van der Waals surface area (Å²) in [4.78, 5) is 0. The van der Waals surface area contributed by atoms with Gasteiger partial charge in [0.15, 0.2) is 0 Å². The Kier molecular flexibility index (Phi) is 5.08. The van der Waals surface area contributed by atoms with Gasteiger partial charge in [0.05, 0.1) is 0 Å². The van der Waals surface area contributed by atoms with Gasteiger partial charge in [-0.2, -0.15) is 0 Å². The molecule has 0 amide bonds. The van der Waals surface area contributed by atoms with E-state index in [2.05, 4.69) is 39.1 Å². The summed E-state index contributed by atoms with van der Waals surface area (Å²) in [6.45, 7) is 12.1. The van der Waals surface area contributed by atoms with Crippen molar-refractivity contribution in [3.05, 3.63) is 35.1 Å². The molecule has 0 aliphatic heterocycles. The van der Waals surface area contributed by atoms with Crippen molar-refractivity contribution in [1.29, 1.82) is 0 Å². The highest BCUT2D eigenvalue weighted by Crippen LogP contribution is 2.42. The lowest BCUT2D eigenvalue weighted by atomic mass is 9.63. The number of nitrogens with one attached hydrogen (secondary N) is 1. The fourth-order valence-electron chi connectivity index (χ4n) is 4.05. The maximum atomic E-state index is 13.8. The molecule has 0 aromatic heterocycles. The number of rotatable bonds is 4. The van der Waals surface area contributed by atoms with Crippen LogP contribution >= 0.6 is 0 Å². The Labute approximate surface area is 129 Å². The van der Waals surface area contributed by atoms with E-state index in [1.807, 2.05) is 6.92 Å². The van der Waals surface area contributed by atoms with Crippen LogP contribution in [0.4, 0.5) is 4.39 Å². The molecule has 1 aromatic rings. The molecule has 0 saturated heterocycles. The number of hydrogen-bond acceptors (Lipinski definition) is 1. The molecule has 1 aliphatic rings. The molecule has 1 fully saturated rings. The molecule has 1 aliphatic carbocycles. The summed E-state index contributed by atoms with van der Waals surface area (Å²) in [5.41, 5.74) is 2.16. The van der Waals surface area contributed by atoms with Crippen LogP contribution in [-0.4, -0.2) is 12.6 Å². The smallest absolute Gasteiger partial charge is 0.123 e. The lowest BCUT2D eigenvalue weighted by molar-refractivity contribution is 0.147. The first-order valence-electron chi connectivity index (χ1n) is 8.35. The second kappa shape index (κ2) is 6.48. The predicted octanol–water partition coefficient (Wildman–Crippen LogP) is 4.83. The van der Waals surface area contributed by atoms with Crippen LogP contribution in [0.5, 0.6) is 0 Å². The van der Waals surface area contributed by atoms with Gasteiger partial charge in [0.25, 0.3) is 0 Å². The van der Waals surface area contributed by atoms with Crippen LogP contribution in [0, 0.1) is 24.6 Å². The molecule has 3 unspecified atom stereocenters. The molecule has 118 valence electrons. The lowest BCUT2D eigenvalue weighted by Crippen LogP contribution is -2.48. The molecule has 2 rings (SSSR count). The van der Waals surface area contributed by atoms with Crippen LogP contribution in [-0.2, 0) is 5.41 Å². The van der Waals surface area contributed by atoms with Crippen LogP contribution in [0.3, 0.4) is 0 Å². The molecule has 0 bridgehead atoms. The maximum absolute atomic E-state index is 13.8. The normalized spacial score (nSPS) is 26.9. The molecular formula is C19H30FN. The van der Waals surface area contributed by atoms with E-state index in [1.54, 1.807) is 12.1 Å². The summed E-state index contributed by atoms with van der Waals surface area (Å²) in [6.07, 6.45) is 3.74.